The lowest BCUT2D eigenvalue weighted by molar-refractivity contribution is -0.176. The first-order valence-corrected chi connectivity index (χ1v) is 9.74. The van der Waals surface area contributed by atoms with E-state index >= 15 is 0 Å². The van der Waals surface area contributed by atoms with E-state index in [0.29, 0.717) is 11.1 Å². The minimum atomic E-state index is -1.26. The lowest BCUT2D eigenvalue weighted by atomic mass is 9.92. The van der Waals surface area contributed by atoms with Crippen LogP contribution in [0.2, 0.25) is 0 Å². The van der Waals surface area contributed by atoms with Crippen LogP contribution in [0.4, 0.5) is 0 Å². The third-order valence-electron chi connectivity index (χ3n) is 5.49. The van der Waals surface area contributed by atoms with Crippen LogP contribution in [0.5, 0.6) is 0 Å². The van der Waals surface area contributed by atoms with Crippen LogP contribution in [0.15, 0.2) is 73.3 Å². The van der Waals surface area contributed by atoms with Crippen molar-refractivity contribution in [3.63, 3.8) is 0 Å². The first kappa shape index (κ1) is 20.3. The summed E-state index contributed by atoms with van der Waals surface area (Å²) in [4.78, 5) is 24.8. The summed E-state index contributed by atoms with van der Waals surface area (Å²) >= 11 is 0. The first-order chi connectivity index (χ1) is 14.5. The molecule has 2 N–H and O–H groups in total. The van der Waals surface area contributed by atoms with Crippen LogP contribution in [0.25, 0.3) is 0 Å². The number of esters is 1. The van der Waals surface area contributed by atoms with Crippen molar-refractivity contribution in [1.82, 2.24) is 5.32 Å². The molecular formula is C23H23NO6. The van der Waals surface area contributed by atoms with Gasteiger partial charge in [-0.2, -0.15) is 0 Å². The molecule has 4 rings (SSSR count). The van der Waals surface area contributed by atoms with Crippen molar-refractivity contribution in [3.05, 3.63) is 84.4 Å². The maximum atomic E-state index is 12.5. The van der Waals surface area contributed by atoms with Crippen LogP contribution >= 0.6 is 0 Å². The molecule has 7 heteroatoms. The highest BCUT2D eigenvalue weighted by molar-refractivity contribution is 5.94. The summed E-state index contributed by atoms with van der Waals surface area (Å²) in [7, 11) is 0. The maximum absolute atomic E-state index is 12.5. The van der Waals surface area contributed by atoms with Gasteiger partial charge in [-0.25, -0.2) is 4.79 Å². The molecule has 5 atom stereocenters. The quantitative estimate of drug-likeness (QED) is 0.534. The van der Waals surface area contributed by atoms with Crippen LogP contribution in [-0.2, 0) is 14.2 Å². The Bertz CT molecular complexity index is 918. The SMILES string of the molecule is C=C[C@H](OC(=O)c1ccccc1)[C@@]12CO[C@@H]([C@H](CNC(=O)c3ccccc3)O1)[C@@H]2O. The largest absolute Gasteiger partial charge is 0.451 e. The molecule has 2 saturated heterocycles. The van der Waals surface area contributed by atoms with Gasteiger partial charge in [0.05, 0.1) is 12.2 Å². The monoisotopic (exact) mass is 409 g/mol. The van der Waals surface area contributed by atoms with Gasteiger partial charge in [0.2, 0.25) is 0 Å². The van der Waals surface area contributed by atoms with Gasteiger partial charge in [-0.1, -0.05) is 43.0 Å². The number of rotatable bonds is 7. The summed E-state index contributed by atoms with van der Waals surface area (Å²) in [5.41, 5.74) is -0.355. The normalized spacial score (nSPS) is 28.0. The fraction of sp³-hybridized carbons (Fsp3) is 0.304. The molecule has 0 radical (unpaired) electrons. The molecule has 2 aromatic rings. The Morgan fingerprint density at radius 3 is 2.43 bits per heavy atom. The van der Waals surface area contributed by atoms with E-state index < -0.39 is 36.0 Å². The summed E-state index contributed by atoms with van der Waals surface area (Å²) in [5.74, 6) is -0.795. The van der Waals surface area contributed by atoms with Crippen molar-refractivity contribution >= 4 is 11.9 Å². The fourth-order valence-electron chi connectivity index (χ4n) is 3.91. The average molecular weight is 409 g/mol. The summed E-state index contributed by atoms with van der Waals surface area (Å²) in [5, 5.41) is 13.6. The predicted octanol–water partition coefficient (Wildman–Crippen LogP) is 1.73. The summed E-state index contributed by atoms with van der Waals surface area (Å²) in [6, 6.07) is 17.4. The highest BCUT2D eigenvalue weighted by Crippen LogP contribution is 2.43. The number of aliphatic hydroxyl groups is 1. The number of nitrogens with one attached hydrogen (secondary N) is 1. The molecule has 30 heavy (non-hydrogen) atoms. The van der Waals surface area contributed by atoms with Gasteiger partial charge in [-0.05, 0) is 30.3 Å². The maximum Gasteiger partial charge on any atom is 0.338 e. The second-order valence-electron chi connectivity index (χ2n) is 7.34. The van der Waals surface area contributed by atoms with Crippen LogP contribution < -0.4 is 5.32 Å². The molecule has 156 valence electrons. The van der Waals surface area contributed by atoms with Gasteiger partial charge >= 0.3 is 5.97 Å². The smallest absolute Gasteiger partial charge is 0.338 e. The molecule has 2 heterocycles. The Hall–Kier alpha value is -3.00. The average Bonchev–Trinajstić information content (AvgIpc) is 3.26. The Morgan fingerprint density at radius 2 is 1.80 bits per heavy atom. The number of hydrogen-bond acceptors (Lipinski definition) is 6. The molecule has 0 saturated carbocycles. The zero-order valence-corrected chi connectivity index (χ0v) is 16.3. The van der Waals surface area contributed by atoms with E-state index in [4.69, 9.17) is 14.2 Å². The standard InChI is InChI=1S/C23H23NO6/c1-2-18(29-22(27)16-11-7-4-8-12-16)23-14-28-19(20(23)25)17(30-23)13-24-21(26)15-9-5-3-6-10-15/h2-12,17-20,25H,1,13-14H2,(H,24,26)/t17-,18-,19-,20-,23+/m0/s1. The molecule has 2 aliphatic heterocycles. The van der Waals surface area contributed by atoms with Gasteiger partial charge in [-0.15, -0.1) is 0 Å². The number of aliphatic hydroxyl groups excluding tert-OH is 1. The molecule has 2 aliphatic rings. The number of benzene rings is 2. The Kier molecular flexibility index (Phi) is 5.67. The number of hydrogen-bond donors (Lipinski definition) is 2. The van der Waals surface area contributed by atoms with Crippen molar-refractivity contribution in [2.24, 2.45) is 0 Å². The van der Waals surface area contributed by atoms with Gasteiger partial charge in [0.15, 0.2) is 11.7 Å². The Morgan fingerprint density at radius 1 is 1.17 bits per heavy atom. The van der Waals surface area contributed by atoms with Crippen molar-refractivity contribution in [2.75, 3.05) is 13.2 Å². The minimum Gasteiger partial charge on any atom is -0.451 e. The molecule has 1 amide bonds. The first-order valence-electron chi connectivity index (χ1n) is 9.74. The minimum absolute atomic E-state index is 0.0563. The fourth-order valence-corrected chi connectivity index (χ4v) is 3.91. The molecule has 0 spiro atoms. The summed E-state index contributed by atoms with van der Waals surface area (Å²) in [6.45, 7) is 3.95. The topological polar surface area (TPSA) is 94.1 Å². The molecule has 2 fully saturated rings. The highest BCUT2D eigenvalue weighted by atomic mass is 16.7. The van der Waals surface area contributed by atoms with E-state index in [0.717, 1.165) is 0 Å². The van der Waals surface area contributed by atoms with Crippen molar-refractivity contribution in [1.29, 1.82) is 0 Å². The van der Waals surface area contributed by atoms with E-state index in [1.807, 2.05) is 6.07 Å². The van der Waals surface area contributed by atoms with Gasteiger partial charge in [0, 0.05) is 12.1 Å². The Balaban J connectivity index is 1.43. The second-order valence-corrected chi connectivity index (χ2v) is 7.34. The van der Waals surface area contributed by atoms with Crippen LogP contribution in [-0.4, -0.2) is 60.2 Å². The zero-order chi connectivity index (χ0) is 21.1. The van der Waals surface area contributed by atoms with Crippen LogP contribution in [0.1, 0.15) is 20.7 Å². The number of amides is 1. The molecule has 0 aliphatic carbocycles. The molecule has 0 unspecified atom stereocenters. The lowest BCUT2D eigenvalue weighted by Gasteiger charge is -2.35. The van der Waals surface area contributed by atoms with Gasteiger partial charge in [-0.3, -0.25) is 4.79 Å². The third-order valence-corrected chi connectivity index (χ3v) is 5.49. The number of ether oxygens (including phenoxy) is 3. The van der Waals surface area contributed by atoms with Crippen LogP contribution in [0, 0.1) is 0 Å². The summed E-state index contributed by atoms with van der Waals surface area (Å²) in [6.07, 6.45) is -1.73. The highest BCUT2D eigenvalue weighted by Gasteiger charge is 2.65. The summed E-state index contributed by atoms with van der Waals surface area (Å²) < 4.78 is 17.4. The van der Waals surface area contributed by atoms with E-state index in [1.165, 1.54) is 6.08 Å². The van der Waals surface area contributed by atoms with E-state index in [2.05, 4.69) is 11.9 Å². The van der Waals surface area contributed by atoms with E-state index in [-0.39, 0.29) is 19.1 Å². The molecular weight excluding hydrogens is 386 g/mol. The Labute approximate surface area is 174 Å². The van der Waals surface area contributed by atoms with Crippen LogP contribution in [0.3, 0.4) is 0 Å². The van der Waals surface area contributed by atoms with Crippen molar-refractivity contribution < 1.29 is 28.9 Å². The zero-order valence-electron chi connectivity index (χ0n) is 16.3. The predicted molar refractivity (Wildman–Crippen MR) is 108 cm³/mol. The third kappa shape index (κ3) is 3.63. The van der Waals surface area contributed by atoms with Crippen molar-refractivity contribution in [3.8, 4) is 0 Å². The number of carbonyl (C=O) groups excluding carboxylic acids is 2. The number of fused-ring (bicyclic) bond motifs is 2. The van der Waals surface area contributed by atoms with Gasteiger partial charge in [0.25, 0.3) is 5.91 Å². The molecule has 2 aromatic carbocycles. The van der Waals surface area contributed by atoms with Gasteiger partial charge in [0.1, 0.15) is 18.3 Å². The lowest BCUT2D eigenvalue weighted by Crippen LogP contribution is -2.53. The van der Waals surface area contributed by atoms with E-state index in [1.54, 1.807) is 54.6 Å². The number of carbonyl (C=O) groups is 2. The van der Waals surface area contributed by atoms with Crippen molar-refractivity contribution in [2.45, 2.75) is 30.0 Å². The molecule has 0 aromatic heterocycles. The second kappa shape index (κ2) is 8.39. The van der Waals surface area contributed by atoms with E-state index in [9.17, 15) is 14.7 Å². The molecule has 2 bridgehead atoms. The van der Waals surface area contributed by atoms with Gasteiger partial charge < -0.3 is 24.6 Å². The molecule has 7 nitrogen and oxygen atoms in total.